The van der Waals surface area contributed by atoms with Crippen LogP contribution in [-0.2, 0) is 4.74 Å². The first-order valence-electron chi connectivity index (χ1n) is 5.45. The van der Waals surface area contributed by atoms with Crippen molar-refractivity contribution in [1.29, 1.82) is 0 Å². The number of hydrogen-bond acceptors (Lipinski definition) is 2. The summed E-state index contributed by atoms with van der Waals surface area (Å²) >= 11 is 0. The van der Waals surface area contributed by atoms with Crippen LogP contribution in [0, 0.1) is 5.41 Å². The molecule has 2 nitrogen and oxygen atoms in total. The molecule has 0 spiro atoms. The predicted octanol–water partition coefficient (Wildman–Crippen LogP) is 2.19. The lowest BCUT2D eigenvalue weighted by atomic mass is 9.70. The number of hydrogen-bond donors (Lipinski definition) is 1. The molecule has 0 aromatic heterocycles. The van der Waals surface area contributed by atoms with E-state index in [1.54, 1.807) is 0 Å². The first-order valence-corrected chi connectivity index (χ1v) is 5.45. The Morgan fingerprint density at radius 1 is 1.38 bits per heavy atom. The molecule has 13 heavy (non-hydrogen) atoms. The number of nitrogens with one attached hydrogen (secondary N) is 1. The van der Waals surface area contributed by atoms with Crippen LogP contribution >= 0.6 is 0 Å². The molecule has 0 heterocycles. The highest BCUT2D eigenvalue weighted by atomic mass is 16.5. The molecule has 2 heteroatoms. The SMILES string of the molecule is CC(C)OCCNCC1(C)CCC1. The molecular weight excluding hydrogens is 162 g/mol. The van der Waals surface area contributed by atoms with Gasteiger partial charge in [0.1, 0.15) is 0 Å². The van der Waals surface area contributed by atoms with E-state index in [9.17, 15) is 0 Å². The van der Waals surface area contributed by atoms with E-state index in [0.717, 1.165) is 19.7 Å². The Balaban J connectivity index is 1.89. The molecule has 1 rings (SSSR count). The van der Waals surface area contributed by atoms with Crippen LogP contribution in [0.1, 0.15) is 40.0 Å². The second-order valence-electron chi connectivity index (χ2n) is 4.76. The van der Waals surface area contributed by atoms with Crippen LogP contribution < -0.4 is 5.32 Å². The maximum Gasteiger partial charge on any atom is 0.0594 e. The van der Waals surface area contributed by atoms with Crippen molar-refractivity contribution in [2.24, 2.45) is 5.41 Å². The number of rotatable bonds is 6. The van der Waals surface area contributed by atoms with Gasteiger partial charge in [-0.15, -0.1) is 0 Å². The lowest BCUT2D eigenvalue weighted by Gasteiger charge is -2.38. The third-order valence-electron chi connectivity index (χ3n) is 2.84. The molecule has 0 unspecified atom stereocenters. The van der Waals surface area contributed by atoms with Crippen molar-refractivity contribution in [3.8, 4) is 0 Å². The Kier molecular flexibility index (Phi) is 4.20. The van der Waals surface area contributed by atoms with Crippen molar-refractivity contribution in [3.05, 3.63) is 0 Å². The molecule has 1 aliphatic rings. The Labute approximate surface area is 82.0 Å². The van der Waals surface area contributed by atoms with Gasteiger partial charge in [0.15, 0.2) is 0 Å². The second-order valence-corrected chi connectivity index (χ2v) is 4.76. The van der Waals surface area contributed by atoms with Gasteiger partial charge in [-0.05, 0) is 32.1 Å². The third kappa shape index (κ3) is 4.10. The molecule has 0 radical (unpaired) electrons. The molecule has 1 aliphatic carbocycles. The van der Waals surface area contributed by atoms with Crippen LogP contribution in [0.25, 0.3) is 0 Å². The monoisotopic (exact) mass is 185 g/mol. The Bertz CT molecular complexity index is 141. The van der Waals surface area contributed by atoms with E-state index in [1.165, 1.54) is 19.3 Å². The zero-order valence-electron chi connectivity index (χ0n) is 9.23. The van der Waals surface area contributed by atoms with E-state index in [0.29, 0.717) is 11.5 Å². The highest BCUT2D eigenvalue weighted by Gasteiger charge is 2.30. The minimum Gasteiger partial charge on any atom is -0.377 e. The summed E-state index contributed by atoms with van der Waals surface area (Å²) in [7, 11) is 0. The highest BCUT2D eigenvalue weighted by Crippen LogP contribution is 2.39. The molecule has 0 aliphatic heterocycles. The fourth-order valence-corrected chi connectivity index (χ4v) is 1.71. The zero-order chi connectivity index (χ0) is 9.73. The molecule has 78 valence electrons. The van der Waals surface area contributed by atoms with E-state index in [4.69, 9.17) is 4.74 Å². The molecule has 0 saturated heterocycles. The van der Waals surface area contributed by atoms with Gasteiger partial charge in [0.05, 0.1) is 12.7 Å². The number of ether oxygens (including phenoxy) is 1. The third-order valence-corrected chi connectivity index (χ3v) is 2.84. The maximum atomic E-state index is 5.45. The zero-order valence-corrected chi connectivity index (χ0v) is 9.23. The van der Waals surface area contributed by atoms with Gasteiger partial charge in [-0.1, -0.05) is 13.3 Å². The summed E-state index contributed by atoms with van der Waals surface area (Å²) in [6.45, 7) is 9.52. The van der Waals surface area contributed by atoms with Gasteiger partial charge in [-0.25, -0.2) is 0 Å². The summed E-state index contributed by atoms with van der Waals surface area (Å²) in [6.07, 6.45) is 4.57. The van der Waals surface area contributed by atoms with Crippen molar-refractivity contribution in [1.82, 2.24) is 5.32 Å². The van der Waals surface area contributed by atoms with Gasteiger partial charge in [0.25, 0.3) is 0 Å². The molecule has 0 amide bonds. The second kappa shape index (κ2) is 4.97. The smallest absolute Gasteiger partial charge is 0.0594 e. The van der Waals surface area contributed by atoms with Gasteiger partial charge in [-0.3, -0.25) is 0 Å². The van der Waals surface area contributed by atoms with Gasteiger partial charge < -0.3 is 10.1 Å². The maximum absolute atomic E-state index is 5.45. The summed E-state index contributed by atoms with van der Waals surface area (Å²) in [5.41, 5.74) is 0.595. The molecular formula is C11H23NO. The lowest BCUT2D eigenvalue weighted by Crippen LogP contribution is -2.38. The topological polar surface area (TPSA) is 21.3 Å². The lowest BCUT2D eigenvalue weighted by molar-refractivity contribution is 0.0759. The summed E-state index contributed by atoms with van der Waals surface area (Å²) in [5, 5.41) is 3.46. The predicted molar refractivity (Wildman–Crippen MR) is 55.9 cm³/mol. The standard InChI is InChI=1S/C11H23NO/c1-10(2)13-8-7-12-9-11(3)5-4-6-11/h10,12H,4-9H2,1-3H3. The highest BCUT2D eigenvalue weighted by molar-refractivity contribution is 4.84. The van der Waals surface area contributed by atoms with Crippen molar-refractivity contribution >= 4 is 0 Å². The fourth-order valence-electron chi connectivity index (χ4n) is 1.71. The Hall–Kier alpha value is -0.0800. The first kappa shape index (κ1) is 11.0. The molecule has 1 saturated carbocycles. The largest absolute Gasteiger partial charge is 0.377 e. The normalized spacial score (nSPS) is 20.3. The molecule has 0 aromatic rings. The van der Waals surface area contributed by atoms with Crippen LogP contribution in [0.4, 0.5) is 0 Å². The average Bonchev–Trinajstić information content (AvgIpc) is 2.00. The minimum atomic E-state index is 0.362. The van der Waals surface area contributed by atoms with Gasteiger partial charge >= 0.3 is 0 Å². The molecule has 0 aromatic carbocycles. The summed E-state index contributed by atoms with van der Waals surface area (Å²) in [5.74, 6) is 0. The van der Waals surface area contributed by atoms with Gasteiger partial charge in [-0.2, -0.15) is 0 Å². The van der Waals surface area contributed by atoms with E-state index < -0.39 is 0 Å². The van der Waals surface area contributed by atoms with Crippen molar-refractivity contribution in [3.63, 3.8) is 0 Å². The van der Waals surface area contributed by atoms with E-state index in [2.05, 4.69) is 26.1 Å². The Morgan fingerprint density at radius 3 is 2.54 bits per heavy atom. The Morgan fingerprint density at radius 2 is 2.08 bits per heavy atom. The van der Waals surface area contributed by atoms with Gasteiger partial charge in [0, 0.05) is 13.1 Å². The molecule has 0 bridgehead atoms. The first-order chi connectivity index (χ1) is 6.12. The quantitative estimate of drug-likeness (QED) is 0.640. The summed E-state index contributed by atoms with van der Waals surface area (Å²) in [4.78, 5) is 0. The fraction of sp³-hybridized carbons (Fsp3) is 1.00. The van der Waals surface area contributed by atoms with E-state index >= 15 is 0 Å². The average molecular weight is 185 g/mol. The molecule has 1 fully saturated rings. The van der Waals surface area contributed by atoms with Crippen molar-refractivity contribution in [2.75, 3.05) is 19.7 Å². The van der Waals surface area contributed by atoms with Crippen LogP contribution in [0.3, 0.4) is 0 Å². The van der Waals surface area contributed by atoms with Crippen LogP contribution in [-0.4, -0.2) is 25.8 Å². The van der Waals surface area contributed by atoms with Crippen LogP contribution in [0.15, 0.2) is 0 Å². The summed E-state index contributed by atoms with van der Waals surface area (Å²) < 4.78 is 5.45. The van der Waals surface area contributed by atoms with Crippen LogP contribution in [0.2, 0.25) is 0 Å². The van der Waals surface area contributed by atoms with Gasteiger partial charge in [0.2, 0.25) is 0 Å². The molecule has 1 N–H and O–H groups in total. The summed E-state index contributed by atoms with van der Waals surface area (Å²) in [6, 6.07) is 0. The van der Waals surface area contributed by atoms with E-state index in [1.807, 2.05) is 0 Å². The molecule has 0 atom stereocenters. The van der Waals surface area contributed by atoms with Crippen molar-refractivity contribution < 1.29 is 4.74 Å². The van der Waals surface area contributed by atoms with Crippen molar-refractivity contribution in [2.45, 2.75) is 46.1 Å². The van der Waals surface area contributed by atoms with Crippen LogP contribution in [0.5, 0.6) is 0 Å². The van der Waals surface area contributed by atoms with E-state index in [-0.39, 0.29) is 0 Å². The minimum absolute atomic E-state index is 0.362.